The van der Waals surface area contributed by atoms with Gasteiger partial charge >= 0.3 is 0 Å². The molecule has 0 aliphatic heterocycles. The average Bonchev–Trinajstić information content (AvgIpc) is 2.86. The van der Waals surface area contributed by atoms with E-state index in [0.717, 1.165) is 32.9 Å². The van der Waals surface area contributed by atoms with E-state index >= 15 is 0 Å². The van der Waals surface area contributed by atoms with Gasteiger partial charge in [-0.25, -0.2) is 0 Å². The third-order valence-corrected chi connectivity index (χ3v) is 3.77. The highest BCUT2D eigenvalue weighted by atomic mass is 35.5. The first-order valence-corrected chi connectivity index (χ1v) is 6.72. The zero-order valence-corrected chi connectivity index (χ0v) is 11.9. The predicted molar refractivity (Wildman–Crippen MR) is 83.5 cm³/mol. The Bertz CT molecular complexity index is 764. The molecule has 3 aromatic rings. The molecule has 0 unspecified atom stereocenters. The molecule has 20 heavy (non-hydrogen) atoms. The summed E-state index contributed by atoms with van der Waals surface area (Å²) in [4.78, 5) is 0. The predicted octanol–water partition coefficient (Wildman–Crippen LogP) is 3.93. The summed E-state index contributed by atoms with van der Waals surface area (Å²) < 4.78 is 7.51. The van der Waals surface area contributed by atoms with Crippen LogP contribution in [-0.2, 0) is 6.54 Å². The maximum atomic E-state index is 6.23. The lowest BCUT2D eigenvalue weighted by molar-refractivity contribution is 0.420. The minimum absolute atomic E-state index is 0.681. The lowest BCUT2D eigenvalue weighted by Crippen LogP contribution is -2.00. The zero-order chi connectivity index (χ0) is 14.1. The van der Waals surface area contributed by atoms with Gasteiger partial charge in [-0.2, -0.15) is 0 Å². The SMILES string of the molecule is COc1cccc2c1ccn2Cc1cc(N)ccc1Cl. The smallest absolute Gasteiger partial charge is 0.128 e. The molecule has 0 aliphatic rings. The van der Waals surface area contributed by atoms with Crippen LogP contribution in [0.4, 0.5) is 5.69 Å². The molecule has 2 aromatic carbocycles. The van der Waals surface area contributed by atoms with E-state index in [4.69, 9.17) is 22.1 Å². The van der Waals surface area contributed by atoms with E-state index in [1.807, 2.05) is 42.6 Å². The van der Waals surface area contributed by atoms with Gasteiger partial charge in [-0.1, -0.05) is 17.7 Å². The topological polar surface area (TPSA) is 40.2 Å². The van der Waals surface area contributed by atoms with E-state index in [9.17, 15) is 0 Å². The Hall–Kier alpha value is -2.13. The van der Waals surface area contributed by atoms with Gasteiger partial charge in [-0.05, 0) is 42.0 Å². The number of aromatic nitrogens is 1. The third-order valence-electron chi connectivity index (χ3n) is 3.40. The van der Waals surface area contributed by atoms with Crippen molar-refractivity contribution in [1.29, 1.82) is 0 Å². The molecule has 0 bridgehead atoms. The van der Waals surface area contributed by atoms with Crippen LogP contribution >= 0.6 is 11.6 Å². The van der Waals surface area contributed by atoms with E-state index in [-0.39, 0.29) is 0 Å². The largest absolute Gasteiger partial charge is 0.496 e. The van der Waals surface area contributed by atoms with Crippen LogP contribution < -0.4 is 10.5 Å². The summed E-state index contributed by atoms with van der Waals surface area (Å²) in [5.74, 6) is 0.875. The van der Waals surface area contributed by atoms with Crippen molar-refractivity contribution in [3.8, 4) is 5.75 Å². The Morgan fingerprint density at radius 3 is 2.85 bits per heavy atom. The van der Waals surface area contributed by atoms with E-state index < -0.39 is 0 Å². The molecule has 0 amide bonds. The molecule has 3 nitrogen and oxygen atoms in total. The van der Waals surface area contributed by atoms with Crippen LogP contribution in [0.5, 0.6) is 5.75 Å². The molecule has 0 aliphatic carbocycles. The Morgan fingerprint density at radius 1 is 1.20 bits per heavy atom. The molecule has 0 spiro atoms. The molecule has 1 heterocycles. The Labute approximate surface area is 122 Å². The van der Waals surface area contributed by atoms with E-state index in [0.29, 0.717) is 6.54 Å². The number of methoxy groups -OCH3 is 1. The van der Waals surface area contributed by atoms with Crippen molar-refractivity contribution in [2.24, 2.45) is 0 Å². The second-order valence-electron chi connectivity index (χ2n) is 4.69. The number of rotatable bonds is 3. The van der Waals surface area contributed by atoms with Crippen LogP contribution in [-0.4, -0.2) is 11.7 Å². The van der Waals surface area contributed by atoms with Crippen molar-refractivity contribution in [3.05, 3.63) is 59.2 Å². The van der Waals surface area contributed by atoms with Gasteiger partial charge in [-0.15, -0.1) is 0 Å². The maximum Gasteiger partial charge on any atom is 0.128 e. The van der Waals surface area contributed by atoms with Crippen molar-refractivity contribution < 1.29 is 4.74 Å². The monoisotopic (exact) mass is 286 g/mol. The second kappa shape index (κ2) is 5.10. The number of ether oxygens (including phenoxy) is 1. The van der Waals surface area contributed by atoms with Crippen LogP contribution in [0.2, 0.25) is 5.02 Å². The van der Waals surface area contributed by atoms with Crippen LogP contribution in [0.15, 0.2) is 48.7 Å². The summed E-state index contributed by atoms with van der Waals surface area (Å²) >= 11 is 6.23. The highest BCUT2D eigenvalue weighted by Crippen LogP contribution is 2.28. The maximum absolute atomic E-state index is 6.23. The Balaban J connectivity index is 2.05. The van der Waals surface area contributed by atoms with E-state index in [1.54, 1.807) is 7.11 Å². The quantitative estimate of drug-likeness (QED) is 0.741. The van der Waals surface area contributed by atoms with Crippen LogP contribution in [0.25, 0.3) is 10.9 Å². The second-order valence-corrected chi connectivity index (χ2v) is 5.09. The molecule has 1 aromatic heterocycles. The fourth-order valence-corrected chi connectivity index (χ4v) is 2.59. The van der Waals surface area contributed by atoms with Crippen LogP contribution in [0.3, 0.4) is 0 Å². The van der Waals surface area contributed by atoms with Gasteiger partial charge in [0.25, 0.3) is 0 Å². The van der Waals surface area contributed by atoms with Crippen molar-refractivity contribution in [2.45, 2.75) is 6.54 Å². The summed E-state index contributed by atoms with van der Waals surface area (Å²) in [6.07, 6.45) is 2.03. The van der Waals surface area contributed by atoms with Crippen molar-refractivity contribution >= 4 is 28.2 Å². The minimum Gasteiger partial charge on any atom is -0.496 e. The molecular formula is C16H15ClN2O. The number of fused-ring (bicyclic) bond motifs is 1. The molecule has 2 N–H and O–H groups in total. The number of hydrogen-bond acceptors (Lipinski definition) is 2. The van der Waals surface area contributed by atoms with Crippen molar-refractivity contribution in [1.82, 2.24) is 4.57 Å². The first-order valence-electron chi connectivity index (χ1n) is 6.35. The third kappa shape index (κ3) is 2.21. The molecular weight excluding hydrogens is 272 g/mol. The van der Waals surface area contributed by atoms with Crippen LogP contribution in [0, 0.1) is 0 Å². The number of nitrogens with zero attached hydrogens (tertiary/aromatic N) is 1. The molecule has 0 atom stereocenters. The van der Waals surface area contributed by atoms with Gasteiger partial charge < -0.3 is 15.0 Å². The summed E-state index contributed by atoms with van der Waals surface area (Å²) in [5, 5.41) is 1.82. The molecule has 0 saturated carbocycles. The van der Waals surface area contributed by atoms with Gasteiger partial charge in [0.05, 0.1) is 12.6 Å². The van der Waals surface area contributed by atoms with E-state index in [2.05, 4.69) is 10.6 Å². The summed E-state index contributed by atoms with van der Waals surface area (Å²) in [6, 6.07) is 13.6. The molecule has 0 fully saturated rings. The highest BCUT2D eigenvalue weighted by Gasteiger charge is 2.08. The Morgan fingerprint density at radius 2 is 2.05 bits per heavy atom. The first kappa shape index (κ1) is 12.9. The highest BCUT2D eigenvalue weighted by molar-refractivity contribution is 6.31. The number of nitrogens with two attached hydrogens (primary N) is 1. The standard InChI is InChI=1S/C16H15ClN2O/c1-20-16-4-2-3-15-13(16)7-8-19(15)10-11-9-12(18)5-6-14(11)17/h2-9H,10,18H2,1H3. The van der Waals surface area contributed by atoms with Gasteiger partial charge in [0.2, 0.25) is 0 Å². The fraction of sp³-hybridized carbons (Fsp3) is 0.125. The molecule has 0 radical (unpaired) electrons. The summed E-state index contributed by atoms with van der Waals surface area (Å²) in [7, 11) is 1.68. The number of hydrogen-bond donors (Lipinski definition) is 1. The van der Waals surface area contributed by atoms with E-state index in [1.165, 1.54) is 0 Å². The molecule has 102 valence electrons. The first-order chi connectivity index (χ1) is 9.69. The normalized spacial score (nSPS) is 10.9. The number of benzene rings is 2. The van der Waals surface area contributed by atoms with Gasteiger partial charge in [0.1, 0.15) is 5.75 Å². The van der Waals surface area contributed by atoms with Gasteiger partial charge in [0.15, 0.2) is 0 Å². The summed E-state index contributed by atoms with van der Waals surface area (Å²) in [5.41, 5.74) is 8.67. The lowest BCUT2D eigenvalue weighted by Gasteiger charge is -2.09. The van der Waals surface area contributed by atoms with Crippen LogP contribution in [0.1, 0.15) is 5.56 Å². The average molecular weight is 287 g/mol. The summed E-state index contributed by atoms with van der Waals surface area (Å²) in [6.45, 7) is 0.681. The fourth-order valence-electron chi connectivity index (χ4n) is 2.41. The van der Waals surface area contributed by atoms with Gasteiger partial charge in [0, 0.05) is 28.8 Å². The molecule has 0 saturated heterocycles. The number of anilines is 1. The van der Waals surface area contributed by atoms with Crippen molar-refractivity contribution in [2.75, 3.05) is 12.8 Å². The lowest BCUT2D eigenvalue weighted by atomic mass is 10.2. The number of halogens is 1. The van der Waals surface area contributed by atoms with Gasteiger partial charge in [-0.3, -0.25) is 0 Å². The van der Waals surface area contributed by atoms with Crippen molar-refractivity contribution in [3.63, 3.8) is 0 Å². The zero-order valence-electron chi connectivity index (χ0n) is 11.1. The Kier molecular flexibility index (Phi) is 3.28. The molecule has 3 rings (SSSR count). The minimum atomic E-state index is 0.681. The molecule has 4 heteroatoms. The number of nitrogen functional groups attached to an aromatic ring is 1.